The molecular formula is C12H9N3OS. The Morgan fingerprint density at radius 1 is 1.29 bits per heavy atom. The highest BCUT2D eigenvalue weighted by atomic mass is 32.1. The van der Waals surface area contributed by atoms with Crippen molar-refractivity contribution in [2.24, 2.45) is 0 Å². The van der Waals surface area contributed by atoms with Gasteiger partial charge < -0.3 is 5.32 Å². The zero-order valence-corrected chi connectivity index (χ0v) is 9.70. The highest BCUT2D eigenvalue weighted by molar-refractivity contribution is 7.80. The smallest absolute Gasteiger partial charge is 0.259 e. The number of carbonyl (C=O) groups excluding carboxylic acids is 1. The topological polar surface area (TPSA) is 46.9 Å². The molecule has 0 aliphatic carbocycles. The van der Waals surface area contributed by atoms with E-state index in [1.807, 2.05) is 30.3 Å². The number of fused-ring (bicyclic) bond motifs is 1. The molecule has 0 unspecified atom stereocenters. The summed E-state index contributed by atoms with van der Waals surface area (Å²) in [7, 11) is 0. The summed E-state index contributed by atoms with van der Waals surface area (Å²) in [5.41, 5.74) is 2.39. The van der Waals surface area contributed by atoms with Gasteiger partial charge in [-0.1, -0.05) is 30.4 Å². The van der Waals surface area contributed by atoms with E-state index in [1.54, 1.807) is 10.9 Å². The van der Waals surface area contributed by atoms with E-state index in [0.717, 1.165) is 11.4 Å². The van der Waals surface area contributed by atoms with Crippen LogP contribution >= 0.6 is 12.2 Å². The zero-order chi connectivity index (χ0) is 11.8. The van der Waals surface area contributed by atoms with Crippen molar-refractivity contribution < 1.29 is 4.79 Å². The molecule has 0 saturated heterocycles. The van der Waals surface area contributed by atoms with Crippen molar-refractivity contribution in [3.05, 3.63) is 47.8 Å². The average molecular weight is 243 g/mol. The van der Waals surface area contributed by atoms with Gasteiger partial charge in [-0.15, -0.1) is 0 Å². The Balaban J connectivity index is 2.15. The number of hydrogen-bond donors (Lipinski definition) is 1. The van der Waals surface area contributed by atoms with Gasteiger partial charge >= 0.3 is 0 Å². The van der Waals surface area contributed by atoms with Gasteiger partial charge in [-0.25, -0.2) is 4.68 Å². The molecule has 84 valence electrons. The van der Waals surface area contributed by atoms with Crippen molar-refractivity contribution in [3.8, 4) is 5.69 Å². The summed E-state index contributed by atoms with van der Waals surface area (Å²) in [5.74, 6) is -0.168. The van der Waals surface area contributed by atoms with Crippen LogP contribution in [0.3, 0.4) is 0 Å². The van der Waals surface area contributed by atoms with Crippen molar-refractivity contribution in [2.75, 3.05) is 0 Å². The summed E-state index contributed by atoms with van der Waals surface area (Å²) in [5, 5.41) is 6.89. The number of nitrogens with one attached hydrogen (secondary N) is 1. The third-order valence-electron chi connectivity index (χ3n) is 2.70. The highest BCUT2D eigenvalue weighted by Crippen LogP contribution is 2.18. The minimum Gasteiger partial charge on any atom is -0.316 e. The van der Waals surface area contributed by atoms with Crippen LogP contribution in [0.25, 0.3) is 5.69 Å². The van der Waals surface area contributed by atoms with Crippen molar-refractivity contribution >= 4 is 23.1 Å². The second-order valence-electron chi connectivity index (χ2n) is 3.81. The van der Waals surface area contributed by atoms with E-state index in [4.69, 9.17) is 12.2 Å². The largest absolute Gasteiger partial charge is 0.316 e. The molecular weight excluding hydrogens is 234 g/mol. The number of rotatable bonds is 1. The second-order valence-corrected chi connectivity index (χ2v) is 4.30. The fraction of sp³-hybridized carbons (Fsp3) is 0.0833. The van der Waals surface area contributed by atoms with Crippen molar-refractivity contribution in [1.82, 2.24) is 15.1 Å². The van der Waals surface area contributed by atoms with Gasteiger partial charge in [-0.3, -0.25) is 4.79 Å². The van der Waals surface area contributed by atoms with Crippen molar-refractivity contribution in [2.45, 2.75) is 6.42 Å². The maximum atomic E-state index is 11.7. The Hall–Kier alpha value is -2.01. The number of carbonyl (C=O) groups is 1. The van der Waals surface area contributed by atoms with Gasteiger partial charge in [0, 0.05) is 6.42 Å². The molecule has 1 aromatic carbocycles. The summed E-state index contributed by atoms with van der Waals surface area (Å²) in [4.78, 5) is 12.2. The van der Waals surface area contributed by atoms with Gasteiger partial charge in [0.15, 0.2) is 0 Å². The fourth-order valence-electron chi connectivity index (χ4n) is 1.92. The van der Waals surface area contributed by atoms with Gasteiger partial charge in [0.05, 0.1) is 28.1 Å². The van der Waals surface area contributed by atoms with E-state index in [-0.39, 0.29) is 5.91 Å². The first kappa shape index (κ1) is 10.2. The standard InChI is InChI=1S/C12H9N3OS/c16-12-9-7-13-15(8-4-2-1-3-5-8)10(9)6-11(17)14-12/h1-5,7H,6H2,(H,14,16,17). The molecule has 5 heteroatoms. The first-order valence-electron chi connectivity index (χ1n) is 5.22. The number of aromatic nitrogens is 2. The molecule has 1 amide bonds. The molecule has 1 N–H and O–H groups in total. The Labute approximate surface area is 103 Å². The molecule has 0 fully saturated rings. The van der Waals surface area contributed by atoms with Crippen LogP contribution in [0.1, 0.15) is 16.1 Å². The molecule has 4 nitrogen and oxygen atoms in total. The van der Waals surface area contributed by atoms with Crippen LogP contribution in [-0.2, 0) is 6.42 Å². The van der Waals surface area contributed by atoms with Crippen molar-refractivity contribution in [1.29, 1.82) is 0 Å². The number of thiocarbonyl (C=S) groups is 1. The number of nitrogens with zero attached hydrogens (tertiary/aromatic N) is 2. The first-order valence-corrected chi connectivity index (χ1v) is 5.63. The molecule has 0 atom stereocenters. The van der Waals surface area contributed by atoms with E-state index in [2.05, 4.69) is 10.4 Å². The van der Waals surface area contributed by atoms with Gasteiger partial charge in [0.25, 0.3) is 5.91 Å². The predicted molar refractivity (Wildman–Crippen MR) is 67.3 cm³/mol. The lowest BCUT2D eigenvalue weighted by Gasteiger charge is -2.15. The normalized spacial score (nSPS) is 14.4. The summed E-state index contributed by atoms with van der Waals surface area (Å²) >= 11 is 5.06. The molecule has 0 spiro atoms. The number of hydrogen-bond acceptors (Lipinski definition) is 3. The van der Waals surface area contributed by atoms with E-state index >= 15 is 0 Å². The summed E-state index contributed by atoms with van der Waals surface area (Å²) in [6.07, 6.45) is 2.13. The Bertz CT molecular complexity index is 603. The van der Waals surface area contributed by atoms with E-state index in [1.165, 1.54) is 0 Å². The first-order chi connectivity index (χ1) is 8.25. The minimum atomic E-state index is -0.168. The predicted octanol–water partition coefficient (Wildman–Crippen LogP) is 1.49. The average Bonchev–Trinajstić information content (AvgIpc) is 2.74. The highest BCUT2D eigenvalue weighted by Gasteiger charge is 2.24. The van der Waals surface area contributed by atoms with Gasteiger partial charge in [-0.05, 0) is 12.1 Å². The van der Waals surface area contributed by atoms with Gasteiger partial charge in [0.1, 0.15) is 0 Å². The van der Waals surface area contributed by atoms with Crippen LogP contribution in [0.4, 0.5) is 0 Å². The van der Waals surface area contributed by atoms with Crippen LogP contribution in [0.15, 0.2) is 36.5 Å². The molecule has 2 heterocycles. The molecule has 17 heavy (non-hydrogen) atoms. The molecule has 0 saturated carbocycles. The van der Waals surface area contributed by atoms with Crippen LogP contribution in [0.5, 0.6) is 0 Å². The quantitative estimate of drug-likeness (QED) is 0.772. The van der Waals surface area contributed by atoms with Crippen LogP contribution in [0.2, 0.25) is 0 Å². The Kier molecular flexibility index (Phi) is 2.26. The fourth-order valence-corrected chi connectivity index (χ4v) is 2.14. The maximum Gasteiger partial charge on any atom is 0.259 e. The molecule has 1 aliphatic rings. The monoisotopic (exact) mass is 243 g/mol. The van der Waals surface area contributed by atoms with E-state index < -0.39 is 0 Å². The molecule has 0 bridgehead atoms. The lowest BCUT2D eigenvalue weighted by molar-refractivity contribution is 0.0973. The number of benzene rings is 1. The minimum absolute atomic E-state index is 0.168. The molecule has 3 rings (SSSR count). The Morgan fingerprint density at radius 2 is 2.06 bits per heavy atom. The van der Waals surface area contributed by atoms with Gasteiger partial charge in [-0.2, -0.15) is 5.10 Å². The maximum absolute atomic E-state index is 11.7. The van der Waals surface area contributed by atoms with E-state index in [0.29, 0.717) is 17.0 Å². The zero-order valence-electron chi connectivity index (χ0n) is 8.88. The summed E-state index contributed by atoms with van der Waals surface area (Å²) in [6, 6.07) is 9.71. The third-order valence-corrected chi connectivity index (χ3v) is 2.94. The molecule has 1 aliphatic heterocycles. The molecule has 1 aromatic heterocycles. The third kappa shape index (κ3) is 1.64. The SMILES string of the molecule is O=C1NC(=S)Cc2c1cnn2-c1ccccc1. The lowest BCUT2D eigenvalue weighted by atomic mass is 10.1. The number of para-hydroxylation sites is 1. The lowest BCUT2D eigenvalue weighted by Crippen LogP contribution is -2.36. The second kappa shape index (κ2) is 3.78. The summed E-state index contributed by atoms with van der Waals surface area (Å²) in [6.45, 7) is 0. The van der Waals surface area contributed by atoms with Crippen LogP contribution in [-0.4, -0.2) is 20.7 Å². The Morgan fingerprint density at radius 3 is 2.82 bits per heavy atom. The van der Waals surface area contributed by atoms with E-state index in [9.17, 15) is 4.79 Å². The molecule has 0 radical (unpaired) electrons. The van der Waals surface area contributed by atoms with Crippen molar-refractivity contribution in [3.63, 3.8) is 0 Å². The van der Waals surface area contributed by atoms with Crippen LogP contribution < -0.4 is 5.32 Å². The molecule has 2 aromatic rings. The number of amides is 1. The van der Waals surface area contributed by atoms with Crippen LogP contribution in [0, 0.1) is 0 Å². The van der Waals surface area contributed by atoms with Gasteiger partial charge in [0.2, 0.25) is 0 Å². The summed E-state index contributed by atoms with van der Waals surface area (Å²) < 4.78 is 1.76.